The average Bonchev–Trinajstić information content (AvgIpc) is 2.56. The van der Waals surface area contributed by atoms with Gasteiger partial charge in [-0.2, -0.15) is 0 Å². The maximum atomic E-state index is 12.8. The molecule has 2 atom stereocenters. The molecule has 2 unspecified atom stereocenters. The number of benzene rings is 2. The van der Waals surface area contributed by atoms with Crippen LogP contribution in [-0.2, 0) is 14.6 Å². The van der Waals surface area contributed by atoms with Gasteiger partial charge in [0, 0.05) is 12.5 Å². The van der Waals surface area contributed by atoms with Crippen LogP contribution in [-0.4, -0.2) is 20.5 Å². The van der Waals surface area contributed by atoms with Gasteiger partial charge in [-0.25, -0.2) is 8.42 Å². The van der Waals surface area contributed by atoms with E-state index >= 15 is 0 Å². The van der Waals surface area contributed by atoms with Crippen LogP contribution in [0.1, 0.15) is 24.3 Å². The van der Waals surface area contributed by atoms with E-state index in [0.29, 0.717) is 11.5 Å². The van der Waals surface area contributed by atoms with Crippen LogP contribution in [0.3, 0.4) is 0 Å². The summed E-state index contributed by atoms with van der Waals surface area (Å²) in [4.78, 5) is 0.331. The molecule has 0 amide bonds. The number of hydrogen-bond donors (Lipinski definition) is 0. The van der Waals surface area contributed by atoms with Gasteiger partial charge in [-0.1, -0.05) is 48.5 Å². The highest BCUT2D eigenvalue weighted by molar-refractivity contribution is 7.92. The second-order valence-corrected chi connectivity index (χ2v) is 7.28. The van der Waals surface area contributed by atoms with Gasteiger partial charge >= 0.3 is 0 Å². The van der Waals surface area contributed by atoms with Crippen LogP contribution in [0.4, 0.5) is 0 Å². The Bertz CT molecular complexity index is 680. The summed E-state index contributed by atoms with van der Waals surface area (Å²) >= 11 is 0. The number of hydrogen-bond acceptors (Lipinski definition) is 3. The molecule has 21 heavy (non-hydrogen) atoms. The van der Waals surface area contributed by atoms with Crippen molar-refractivity contribution < 1.29 is 13.2 Å². The molecule has 3 rings (SSSR count). The Balaban J connectivity index is 1.99. The van der Waals surface area contributed by atoms with E-state index in [0.717, 1.165) is 18.4 Å². The van der Waals surface area contributed by atoms with E-state index < -0.39 is 15.3 Å². The van der Waals surface area contributed by atoms with E-state index in [4.69, 9.17) is 4.74 Å². The van der Waals surface area contributed by atoms with Gasteiger partial charge in [-0.3, -0.25) is 0 Å². The van der Waals surface area contributed by atoms with Crippen molar-refractivity contribution in [2.75, 3.05) is 6.61 Å². The van der Waals surface area contributed by atoms with Gasteiger partial charge in [0.2, 0.25) is 9.84 Å². The molecule has 0 saturated carbocycles. The first kappa shape index (κ1) is 14.3. The third-order valence-corrected chi connectivity index (χ3v) is 5.88. The summed E-state index contributed by atoms with van der Waals surface area (Å²) in [6.07, 6.45) is 1.72. The molecule has 1 aliphatic rings. The van der Waals surface area contributed by atoms with Gasteiger partial charge in [0.25, 0.3) is 0 Å². The predicted molar refractivity (Wildman–Crippen MR) is 81.8 cm³/mol. The number of sulfone groups is 1. The van der Waals surface area contributed by atoms with Crippen molar-refractivity contribution in [3.05, 3.63) is 66.2 Å². The van der Waals surface area contributed by atoms with Crippen molar-refractivity contribution in [2.24, 2.45) is 0 Å². The highest BCUT2D eigenvalue weighted by Crippen LogP contribution is 2.36. The van der Waals surface area contributed by atoms with Gasteiger partial charge in [-0.05, 0) is 30.5 Å². The normalized spacial score (nSPS) is 22.9. The van der Waals surface area contributed by atoms with Gasteiger partial charge < -0.3 is 4.74 Å². The fourth-order valence-corrected chi connectivity index (χ4v) is 4.63. The lowest BCUT2D eigenvalue weighted by molar-refractivity contribution is 0.0495. The average molecular weight is 302 g/mol. The molecule has 4 heteroatoms. The van der Waals surface area contributed by atoms with Crippen LogP contribution in [0.15, 0.2) is 65.6 Å². The lowest BCUT2D eigenvalue weighted by Gasteiger charge is -2.31. The summed E-state index contributed by atoms with van der Waals surface area (Å²) in [6.45, 7) is 0.500. The SMILES string of the molecule is O=S(=O)(c1ccccc1)C1OCCCC1c1ccccc1. The lowest BCUT2D eigenvalue weighted by Crippen LogP contribution is -2.35. The Morgan fingerprint density at radius 2 is 1.52 bits per heavy atom. The maximum absolute atomic E-state index is 12.8. The number of rotatable bonds is 3. The molecule has 1 aliphatic heterocycles. The zero-order chi connectivity index (χ0) is 14.7. The van der Waals surface area contributed by atoms with Gasteiger partial charge in [0.15, 0.2) is 5.44 Å². The number of ether oxygens (including phenoxy) is 1. The molecular weight excluding hydrogens is 284 g/mol. The van der Waals surface area contributed by atoms with E-state index in [1.54, 1.807) is 24.3 Å². The molecule has 2 aromatic carbocycles. The van der Waals surface area contributed by atoms with Gasteiger partial charge in [-0.15, -0.1) is 0 Å². The van der Waals surface area contributed by atoms with Crippen molar-refractivity contribution in [3.63, 3.8) is 0 Å². The summed E-state index contributed by atoms with van der Waals surface area (Å²) in [7, 11) is -3.48. The zero-order valence-electron chi connectivity index (χ0n) is 11.7. The quantitative estimate of drug-likeness (QED) is 0.873. The van der Waals surface area contributed by atoms with Gasteiger partial charge in [0.1, 0.15) is 0 Å². The lowest BCUT2D eigenvalue weighted by atomic mass is 9.93. The molecule has 0 aliphatic carbocycles. The van der Waals surface area contributed by atoms with Crippen LogP contribution >= 0.6 is 0 Å². The Kier molecular flexibility index (Phi) is 4.08. The molecule has 1 heterocycles. The van der Waals surface area contributed by atoms with E-state index in [-0.39, 0.29) is 5.92 Å². The van der Waals surface area contributed by atoms with Crippen molar-refractivity contribution in [3.8, 4) is 0 Å². The van der Waals surface area contributed by atoms with Crippen molar-refractivity contribution in [1.82, 2.24) is 0 Å². The van der Waals surface area contributed by atoms with Crippen LogP contribution < -0.4 is 0 Å². The Morgan fingerprint density at radius 1 is 0.905 bits per heavy atom. The minimum Gasteiger partial charge on any atom is -0.361 e. The van der Waals surface area contributed by atoms with Crippen molar-refractivity contribution >= 4 is 9.84 Å². The molecule has 0 bridgehead atoms. The van der Waals surface area contributed by atoms with Crippen LogP contribution in [0.2, 0.25) is 0 Å². The smallest absolute Gasteiger partial charge is 0.205 e. The predicted octanol–water partition coefficient (Wildman–Crippen LogP) is 3.38. The molecule has 3 nitrogen and oxygen atoms in total. The van der Waals surface area contributed by atoms with Crippen LogP contribution in [0.5, 0.6) is 0 Å². The highest BCUT2D eigenvalue weighted by Gasteiger charge is 2.38. The minimum atomic E-state index is -3.48. The summed E-state index contributed by atoms with van der Waals surface area (Å²) in [6, 6.07) is 18.3. The van der Waals surface area contributed by atoms with Crippen LogP contribution in [0.25, 0.3) is 0 Å². The van der Waals surface area contributed by atoms with E-state index in [1.807, 2.05) is 36.4 Å². The topological polar surface area (TPSA) is 43.4 Å². The third kappa shape index (κ3) is 2.87. The largest absolute Gasteiger partial charge is 0.361 e. The Hall–Kier alpha value is -1.65. The molecule has 0 aromatic heterocycles. The molecule has 0 N–H and O–H groups in total. The molecular formula is C17H18O3S. The first-order chi connectivity index (χ1) is 10.2. The van der Waals surface area contributed by atoms with Crippen molar-refractivity contribution in [2.45, 2.75) is 29.1 Å². The van der Waals surface area contributed by atoms with Crippen LogP contribution in [0, 0.1) is 0 Å². The summed E-state index contributed by atoms with van der Waals surface area (Å²) in [5.74, 6) is -0.106. The second-order valence-electron chi connectivity index (χ2n) is 5.26. The van der Waals surface area contributed by atoms with E-state index in [2.05, 4.69) is 0 Å². The molecule has 2 aromatic rings. The first-order valence-corrected chi connectivity index (χ1v) is 8.70. The van der Waals surface area contributed by atoms with Gasteiger partial charge in [0.05, 0.1) is 4.90 Å². The third-order valence-electron chi connectivity index (χ3n) is 3.88. The fourth-order valence-electron chi connectivity index (χ4n) is 2.83. The Morgan fingerprint density at radius 3 is 2.19 bits per heavy atom. The summed E-state index contributed by atoms with van der Waals surface area (Å²) in [5, 5.41) is 0. The minimum absolute atomic E-state index is 0.106. The monoisotopic (exact) mass is 302 g/mol. The zero-order valence-corrected chi connectivity index (χ0v) is 12.5. The standard InChI is InChI=1S/C17H18O3S/c18-21(19,15-10-5-2-6-11-15)17-16(12-7-13-20-17)14-8-3-1-4-9-14/h1-6,8-11,16-17H,7,12-13H2. The molecule has 1 saturated heterocycles. The fraction of sp³-hybridized carbons (Fsp3) is 0.294. The Labute approximate surface area is 125 Å². The maximum Gasteiger partial charge on any atom is 0.205 e. The highest BCUT2D eigenvalue weighted by atomic mass is 32.2. The summed E-state index contributed by atoms with van der Waals surface area (Å²) in [5.41, 5.74) is 0.234. The summed E-state index contributed by atoms with van der Waals surface area (Å²) < 4.78 is 31.4. The molecule has 0 radical (unpaired) electrons. The van der Waals surface area contributed by atoms with E-state index in [9.17, 15) is 8.42 Å². The molecule has 0 spiro atoms. The van der Waals surface area contributed by atoms with E-state index in [1.165, 1.54) is 0 Å². The second kappa shape index (κ2) is 6.00. The molecule has 1 fully saturated rings. The first-order valence-electron chi connectivity index (χ1n) is 7.15. The van der Waals surface area contributed by atoms with Crippen molar-refractivity contribution in [1.29, 1.82) is 0 Å². The molecule has 110 valence electrons.